The molecule has 0 spiro atoms. The van der Waals surface area contributed by atoms with Crippen molar-refractivity contribution < 1.29 is 28.6 Å². The Balaban J connectivity index is 3.21. The van der Waals surface area contributed by atoms with Crippen LogP contribution in [0.4, 0.5) is 0 Å². The van der Waals surface area contributed by atoms with Crippen LogP contribution < -0.4 is 0 Å². The zero-order valence-electron chi connectivity index (χ0n) is 13.6. The Morgan fingerprint density at radius 3 is 1.91 bits per heavy atom. The lowest BCUT2D eigenvalue weighted by molar-refractivity contribution is -0.163. The fourth-order valence-electron chi connectivity index (χ4n) is 2.28. The quantitative estimate of drug-likeness (QED) is 0.414. The van der Waals surface area contributed by atoms with Crippen molar-refractivity contribution in [2.24, 2.45) is 5.92 Å². The molecule has 0 heterocycles. The van der Waals surface area contributed by atoms with Crippen LogP contribution in [0.3, 0.4) is 0 Å². The van der Waals surface area contributed by atoms with Gasteiger partial charge in [-0.15, -0.1) is 0 Å². The fraction of sp³-hybridized carbons (Fsp3) is 0.471. The van der Waals surface area contributed by atoms with E-state index in [0.717, 1.165) is 0 Å². The highest BCUT2D eigenvalue weighted by molar-refractivity contribution is 5.96. The van der Waals surface area contributed by atoms with Gasteiger partial charge in [0.2, 0.25) is 0 Å². The molecular formula is C17H22O6. The number of ether oxygens (including phenoxy) is 3. The van der Waals surface area contributed by atoms with E-state index >= 15 is 0 Å². The second-order valence-corrected chi connectivity index (χ2v) is 4.78. The van der Waals surface area contributed by atoms with Crippen LogP contribution >= 0.6 is 0 Å². The van der Waals surface area contributed by atoms with Crippen molar-refractivity contribution in [3.05, 3.63) is 35.9 Å². The average molecular weight is 322 g/mol. The Labute approximate surface area is 135 Å². The Bertz CT molecular complexity index is 507. The molecule has 0 radical (unpaired) electrons. The van der Waals surface area contributed by atoms with Crippen LogP contribution in [0.15, 0.2) is 30.3 Å². The molecule has 0 saturated carbocycles. The highest BCUT2D eigenvalue weighted by Gasteiger charge is 2.39. The third-order valence-corrected chi connectivity index (χ3v) is 3.33. The van der Waals surface area contributed by atoms with Crippen molar-refractivity contribution in [2.75, 3.05) is 20.3 Å². The molecule has 1 aromatic carbocycles. The van der Waals surface area contributed by atoms with Crippen LogP contribution in [0, 0.1) is 5.92 Å². The second-order valence-electron chi connectivity index (χ2n) is 4.78. The Morgan fingerprint density at radius 2 is 1.48 bits per heavy atom. The number of hydrogen-bond donors (Lipinski definition) is 0. The summed E-state index contributed by atoms with van der Waals surface area (Å²) in [7, 11) is 1.26. The van der Waals surface area contributed by atoms with E-state index in [-0.39, 0.29) is 19.6 Å². The molecule has 0 amide bonds. The van der Waals surface area contributed by atoms with E-state index in [1.165, 1.54) is 7.11 Å². The second kappa shape index (κ2) is 9.61. The van der Waals surface area contributed by atoms with E-state index < -0.39 is 29.7 Å². The number of benzene rings is 1. The van der Waals surface area contributed by atoms with Crippen LogP contribution in [-0.2, 0) is 28.6 Å². The van der Waals surface area contributed by atoms with Gasteiger partial charge in [-0.05, 0) is 19.4 Å². The van der Waals surface area contributed by atoms with E-state index in [9.17, 15) is 14.4 Å². The first kappa shape index (κ1) is 18.7. The predicted molar refractivity (Wildman–Crippen MR) is 82.6 cm³/mol. The predicted octanol–water partition coefficient (Wildman–Crippen LogP) is 2.08. The minimum Gasteiger partial charge on any atom is -0.469 e. The number of rotatable bonds is 8. The molecule has 1 aromatic rings. The zero-order valence-corrected chi connectivity index (χ0v) is 13.6. The van der Waals surface area contributed by atoms with Gasteiger partial charge in [-0.25, -0.2) is 0 Å². The van der Waals surface area contributed by atoms with E-state index in [0.29, 0.717) is 5.56 Å². The van der Waals surface area contributed by atoms with Crippen molar-refractivity contribution in [1.82, 2.24) is 0 Å². The van der Waals surface area contributed by atoms with E-state index in [2.05, 4.69) is 4.74 Å². The van der Waals surface area contributed by atoms with Gasteiger partial charge in [0, 0.05) is 5.92 Å². The lowest BCUT2D eigenvalue weighted by Gasteiger charge is -2.23. The number of carbonyl (C=O) groups is 3. The first-order valence-electron chi connectivity index (χ1n) is 7.50. The van der Waals surface area contributed by atoms with Crippen molar-refractivity contribution in [2.45, 2.75) is 26.2 Å². The number of methoxy groups -OCH3 is 1. The number of hydrogen-bond acceptors (Lipinski definition) is 6. The van der Waals surface area contributed by atoms with Gasteiger partial charge in [-0.2, -0.15) is 0 Å². The molecular weight excluding hydrogens is 300 g/mol. The lowest BCUT2D eigenvalue weighted by Crippen LogP contribution is -2.34. The standard InChI is InChI=1S/C17H22O6/c1-4-22-16(19)15(17(20)23-5-2)13(11-14(18)21-3)12-9-7-6-8-10-12/h6-10,13,15H,4-5,11H2,1-3H3. The summed E-state index contributed by atoms with van der Waals surface area (Å²) in [6.45, 7) is 3.57. The summed E-state index contributed by atoms with van der Waals surface area (Å²) in [5.74, 6) is -3.84. The molecule has 0 saturated heterocycles. The van der Waals surface area contributed by atoms with E-state index in [1.807, 2.05) is 6.07 Å². The summed E-state index contributed by atoms with van der Waals surface area (Å²) in [5, 5.41) is 0. The number of esters is 3. The highest BCUT2D eigenvalue weighted by Crippen LogP contribution is 2.31. The third kappa shape index (κ3) is 5.39. The van der Waals surface area contributed by atoms with Crippen LogP contribution in [0.1, 0.15) is 31.7 Å². The molecule has 6 heteroatoms. The van der Waals surface area contributed by atoms with Gasteiger partial charge < -0.3 is 14.2 Å². The average Bonchev–Trinajstić information content (AvgIpc) is 2.55. The topological polar surface area (TPSA) is 78.9 Å². The maximum Gasteiger partial charge on any atom is 0.320 e. The van der Waals surface area contributed by atoms with Crippen LogP contribution in [0.2, 0.25) is 0 Å². The first-order valence-corrected chi connectivity index (χ1v) is 7.50. The molecule has 0 aliphatic carbocycles. The van der Waals surface area contributed by atoms with Crippen molar-refractivity contribution in [3.8, 4) is 0 Å². The van der Waals surface area contributed by atoms with E-state index in [4.69, 9.17) is 9.47 Å². The highest BCUT2D eigenvalue weighted by atomic mass is 16.6. The molecule has 1 rings (SSSR count). The smallest absolute Gasteiger partial charge is 0.320 e. The fourth-order valence-corrected chi connectivity index (χ4v) is 2.28. The Hall–Kier alpha value is -2.37. The molecule has 126 valence electrons. The van der Waals surface area contributed by atoms with Gasteiger partial charge in [-0.1, -0.05) is 30.3 Å². The first-order chi connectivity index (χ1) is 11.0. The molecule has 0 aliphatic heterocycles. The maximum absolute atomic E-state index is 12.3. The van der Waals surface area contributed by atoms with Crippen molar-refractivity contribution in [3.63, 3.8) is 0 Å². The monoisotopic (exact) mass is 322 g/mol. The summed E-state index contributed by atoms with van der Waals surface area (Å²) in [5.41, 5.74) is 0.670. The molecule has 6 nitrogen and oxygen atoms in total. The third-order valence-electron chi connectivity index (χ3n) is 3.33. The summed E-state index contributed by atoms with van der Waals surface area (Å²) in [4.78, 5) is 36.3. The van der Waals surface area contributed by atoms with Crippen molar-refractivity contribution >= 4 is 17.9 Å². The summed E-state index contributed by atoms with van der Waals surface area (Å²) in [6.07, 6.45) is -0.122. The van der Waals surface area contributed by atoms with E-state index in [1.54, 1.807) is 38.1 Å². The van der Waals surface area contributed by atoms with Crippen LogP contribution in [0.25, 0.3) is 0 Å². The molecule has 0 N–H and O–H groups in total. The van der Waals surface area contributed by atoms with Crippen LogP contribution in [0.5, 0.6) is 0 Å². The molecule has 0 fully saturated rings. The zero-order chi connectivity index (χ0) is 17.2. The molecule has 0 aromatic heterocycles. The van der Waals surface area contributed by atoms with Gasteiger partial charge in [0.05, 0.1) is 26.7 Å². The molecule has 0 bridgehead atoms. The lowest BCUT2D eigenvalue weighted by atomic mass is 9.83. The van der Waals surface area contributed by atoms with Gasteiger partial charge in [0.25, 0.3) is 0 Å². The SMILES string of the molecule is CCOC(=O)C(C(=O)OCC)C(CC(=O)OC)c1ccccc1. The minimum atomic E-state index is -1.21. The summed E-state index contributed by atoms with van der Waals surface area (Å²) < 4.78 is 14.7. The van der Waals surface area contributed by atoms with Gasteiger partial charge in [0.15, 0.2) is 5.92 Å². The van der Waals surface area contributed by atoms with Gasteiger partial charge in [-0.3, -0.25) is 14.4 Å². The summed E-state index contributed by atoms with van der Waals surface area (Å²) >= 11 is 0. The van der Waals surface area contributed by atoms with Gasteiger partial charge >= 0.3 is 17.9 Å². The summed E-state index contributed by atoms with van der Waals surface area (Å²) in [6, 6.07) is 8.85. The maximum atomic E-state index is 12.3. The van der Waals surface area contributed by atoms with Crippen molar-refractivity contribution in [1.29, 1.82) is 0 Å². The minimum absolute atomic E-state index is 0.122. The Kier molecular flexibility index (Phi) is 7.80. The number of carbonyl (C=O) groups excluding carboxylic acids is 3. The molecule has 23 heavy (non-hydrogen) atoms. The molecule has 1 unspecified atom stereocenters. The molecule has 1 atom stereocenters. The van der Waals surface area contributed by atoms with Crippen LogP contribution in [-0.4, -0.2) is 38.2 Å². The Morgan fingerprint density at radius 1 is 0.957 bits per heavy atom. The normalized spacial score (nSPS) is 11.7. The van der Waals surface area contributed by atoms with Gasteiger partial charge in [0.1, 0.15) is 0 Å². The molecule has 0 aliphatic rings. The largest absolute Gasteiger partial charge is 0.469 e.